The lowest BCUT2D eigenvalue weighted by molar-refractivity contribution is -0.126. The number of ether oxygens (including phenoxy) is 4. The van der Waals surface area contributed by atoms with Crippen LogP contribution in [0.25, 0.3) is 0 Å². The Morgan fingerprint density at radius 1 is 1.00 bits per heavy atom. The highest BCUT2D eigenvalue weighted by molar-refractivity contribution is 6.34. The van der Waals surface area contributed by atoms with Gasteiger partial charge < -0.3 is 24.3 Å². The summed E-state index contributed by atoms with van der Waals surface area (Å²) in [5.41, 5.74) is 0.551. The van der Waals surface area contributed by atoms with E-state index in [1.165, 1.54) is 21.1 Å². The molecule has 0 spiro atoms. The quantitative estimate of drug-likeness (QED) is 0.377. The molecular formula is C22H26ClN3O6. The summed E-state index contributed by atoms with van der Waals surface area (Å²) in [4.78, 5) is 25.0. The molecule has 1 N–H and O–H groups in total. The van der Waals surface area contributed by atoms with E-state index < -0.39 is 17.7 Å². The van der Waals surface area contributed by atoms with Crippen molar-refractivity contribution >= 4 is 34.7 Å². The number of azo groups is 1. The van der Waals surface area contributed by atoms with Crippen molar-refractivity contribution in [2.24, 2.45) is 10.2 Å². The van der Waals surface area contributed by atoms with Gasteiger partial charge in [-0.15, -0.1) is 5.11 Å². The molecule has 1 amide bonds. The fourth-order valence-electron chi connectivity index (χ4n) is 2.77. The molecule has 0 aliphatic carbocycles. The maximum atomic E-state index is 12.9. The normalized spacial score (nSPS) is 11.7. The van der Waals surface area contributed by atoms with Crippen LogP contribution in [0.4, 0.5) is 11.4 Å². The lowest BCUT2D eigenvalue weighted by atomic mass is 10.2. The molecule has 0 fully saturated rings. The zero-order chi connectivity index (χ0) is 23.7. The van der Waals surface area contributed by atoms with Crippen LogP contribution in [0.5, 0.6) is 23.0 Å². The number of ketones is 1. The van der Waals surface area contributed by atoms with Crippen molar-refractivity contribution in [3.63, 3.8) is 0 Å². The molecule has 0 aromatic heterocycles. The Hall–Kier alpha value is -3.33. The molecule has 0 bridgehead atoms. The summed E-state index contributed by atoms with van der Waals surface area (Å²) in [5.74, 6) is 0.213. The molecule has 2 aromatic rings. The first-order valence-electron chi connectivity index (χ1n) is 9.89. The molecule has 10 heteroatoms. The minimum absolute atomic E-state index is 0.181. The second kappa shape index (κ2) is 11.9. The van der Waals surface area contributed by atoms with Crippen LogP contribution in [0.1, 0.15) is 20.8 Å². The van der Waals surface area contributed by atoms with E-state index in [0.717, 1.165) is 0 Å². The van der Waals surface area contributed by atoms with E-state index in [2.05, 4.69) is 15.5 Å². The minimum Gasteiger partial charge on any atom is -0.495 e. The summed E-state index contributed by atoms with van der Waals surface area (Å²) in [6.07, 6.45) is 0. The minimum atomic E-state index is -1.41. The van der Waals surface area contributed by atoms with Crippen molar-refractivity contribution < 1.29 is 28.5 Å². The van der Waals surface area contributed by atoms with E-state index >= 15 is 0 Å². The van der Waals surface area contributed by atoms with Crippen LogP contribution in [0, 0.1) is 0 Å². The number of anilines is 1. The Labute approximate surface area is 191 Å². The number of benzene rings is 2. The molecule has 9 nitrogen and oxygen atoms in total. The molecular weight excluding hydrogens is 438 g/mol. The number of carbonyl (C=O) groups excluding carboxylic acids is 2. The zero-order valence-corrected chi connectivity index (χ0v) is 19.4. The fourth-order valence-corrected chi connectivity index (χ4v) is 3.09. The summed E-state index contributed by atoms with van der Waals surface area (Å²) in [5, 5.41) is 10.9. The number of rotatable bonds is 11. The fraction of sp³-hybridized carbons (Fsp3) is 0.364. The smallest absolute Gasteiger partial charge is 0.258 e. The summed E-state index contributed by atoms with van der Waals surface area (Å²) in [6, 6.07) is 6.86. The lowest BCUT2D eigenvalue weighted by Gasteiger charge is -2.15. The lowest BCUT2D eigenvalue weighted by Crippen LogP contribution is -2.32. The second-order valence-electron chi connectivity index (χ2n) is 6.35. The van der Waals surface area contributed by atoms with Crippen molar-refractivity contribution in [1.82, 2.24) is 0 Å². The number of hydrogen-bond acceptors (Lipinski definition) is 8. The van der Waals surface area contributed by atoms with Gasteiger partial charge >= 0.3 is 0 Å². The predicted molar refractivity (Wildman–Crippen MR) is 121 cm³/mol. The van der Waals surface area contributed by atoms with Gasteiger partial charge in [-0.3, -0.25) is 9.59 Å². The van der Waals surface area contributed by atoms with Gasteiger partial charge in [-0.2, -0.15) is 5.11 Å². The number of halogens is 1. The number of nitrogens with zero attached hydrogens (tertiary/aromatic N) is 2. The van der Waals surface area contributed by atoms with E-state index in [4.69, 9.17) is 30.5 Å². The standard InChI is InChI=1S/C22H26ClN3O6/c1-6-31-16-9-8-10-17(32-7-2)20(16)26-25-19(13(3)27)22(28)24-14-11-12-15(29-4)18(23)21(14)30-5/h8-12,19H,6-7H2,1-5H3,(H,24,28). The summed E-state index contributed by atoms with van der Waals surface area (Å²) in [6.45, 7) is 5.69. The van der Waals surface area contributed by atoms with Crippen LogP contribution < -0.4 is 24.3 Å². The first kappa shape index (κ1) is 24.9. The van der Waals surface area contributed by atoms with Gasteiger partial charge in [0, 0.05) is 0 Å². The molecule has 1 atom stereocenters. The molecule has 0 saturated carbocycles. The molecule has 0 aliphatic rings. The van der Waals surface area contributed by atoms with E-state index in [1.807, 2.05) is 13.8 Å². The third-order valence-electron chi connectivity index (χ3n) is 4.21. The number of methoxy groups -OCH3 is 2. The van der Waals surface area contributed by atoms with Gasteiger partial charge in [0.25, 0.3) is 5.91 Å². The highest BCUT2D eigenvalue weighted by Gasteiger charge is 2.26. The predicted octanol–water partition coefficient (Wildman–Crippen LogP) is 4.83. The van der Waals surface area contributed by atoms with Crippen LogP contribution in [0.15, 0.2) is 40.6 Å². The van der Waals surface area contributed by atoms with Crippen LogP contribution in [-0.4, -0.2) is 45.2 Å². The molecule has 0 heterocycles. The Kier molecular flexibility index (Phi) is 9.27. The average Bonchev–Trinajstić information content (AvgIpc) is 2.76. The first-order chi connectivity index (χ1) is 15.4. The van der Waals surface area contributed by atoms with Gasteiger partial charge in [0.05, 0.1) is 33.1 Å². The topological polar surface area (TPSA) is 108 Å². The highest BCUT2D eigenvalue weighted by Crippen LogP contribution is 2.40. The maximum absolute atomic E-state index is 12.9. The van der Waals surface area contributed by atoms with Crippen molar-refractivity contribution in [2.45, 2.75) is 26.8 Å². The van der Waals surface area contributed by atoms with Gasteiger partial charge in [0.1, 0.15) is 10.8 Å². The molecule has 2 rings (SSSR count). The number of Topliss-reactive ketones (excluding diaryl/α,β-unsaturated/α-hetero) is 1. The SMILES string of the molecule is CCOc1cccc(OCC)c1N=NC(C(C)=O)C(=O)Nc1ccc(OC)c(Cl)c1OC. The number of hydrogen-bond donors (Lipinski definition) is 1. The average molecular weight is 464 g/mol. The summed E-state index contributed by atoms with van der Waals surface area (Å²) >= 11 is 6.24. The molecule has 1 unspecified atom stereocenters. The maximum Gasteiger partial charge on any atom is 0.258 e. The van der Waals surface area contributed by atoms with Crippen LogP contribution >= 0.6 is 11.6 Å². The summed E-state index contributed by atoms with van der Waals surface area (Å²) < 4.78 is 21.6. The van der Waals surface area contributed by atoms with Crippen LogP contribution in [-0.2, 0) is 9.59 Å². The molecule has 32 heavy (non-hydrogen) atoms. The van der Waals surface area contributed by atoms with Gasteiger partial charge in [-0.05, 0) is 45.0 Å². The van der Waals surface area contributed by atoms with Crippen molar-refractivity contribution in [2.75, 3.05) is 32.8 Å². The molecule has 0 saturated heterocycles. The molecule has 2 aromatic carbocycles. The Morgan fingerprint density at radius 2 is 1.62 bits per heavy atom. The van der Waals surface area contributed by atoms with Gasteiger partial charge in [-0.1, -0.05) is 17.7 Å². The van der Waals surface area contributed by atoms with Crippen molar-refractivity contribution in [3.8, 4) is 23.0 Å². The first-order valence-corrected chi connectivity index (χ1v) is 10.3. The Morgan fingerprint density at radius 3 is 2.12 bits per heavy atom. The van der Waals surface area contributed by atoms with Gasteiger partial charge in [0.2, 0.25) is 6.04 Å². The number of carbonyl (C=O) groups is 2. The van der Waals surface area contributed by atoms with E-state index in [0.29, 0.717) is 36.1 Å². The van der Waals surface area contributed by atoms with E-state index in [9.17, 15) is 9.59 Å². The Balaban J connectivity index is 2.36. The van der Waals surface area contributed by atoms with Crippen molar-refractivity contribution in [3.05, 3.63) is 35.4 Å². The Bertz CT molecular complexity index is 972. The van der Waals surface area contributed by atoms with Crippen LogP contribution in [0.2, 0.25) is 5.02 Å². The monoisotopic (exact) mass is 463 g/mol. The van der Waals surface area contributed by atoms with Gasteiger partial charge in [0.15, 0.2) is 28.7 Å². The van der Waals surface area contributed by atoms with Crippen molar-refractivity contribution in [1.29, 1.82) is 0 Å². The molecule has 0 aliphatic heterocycles. The number of amides is 1. The highest BCUT2D eigenvalue weighted by atomic mass is 35.5. The van der Waals surface area contributed by atoms with E-state index in [1.54, 1.807) is 30.3 Å². The van der Waals surface area contributed by atoms with Gasteiger partial charge in [-0.25, -0.2) is 0 Å². The molecule has 0 radical (unpaired) electrons. The van der Waals surface area contributed by atoms with Crippen LogP contribution in [0.3, 0.4) is 0 Å². The largest absolute Gasteiger partial charge is 0.495 e. The second-order valence-corrected chi connectivity index (χ2v) is 6.73. The molecule has 172 valence electrons. The zero-order valence-electron chi connectivity index (χ0n) is 18.6. The summed E-state index contributed by atoms with van der Waals surface area (Å²) in [7, 11) is 2.86. The van der Waals surface area contributed by atoms with E-state index in [-0.39, 0.29) is 16.5 Å². The number of nitrogens with one attached hydrogen (secondary N) is 1. The third-order valence-corrected chi connectivity index (χ3v) is 4.57. The third kappa shape index (κ3) is 5.88.